The second-order valence-electron chi connectivity index (χ2n) is 8.03. The van der Waals surface area contributed by atoms with Gasteiger partial charge in [-0.05, 0) is 49.9 Å². The van der Waals surface area contributed by atoms with Gasteiger partial charge in [-0.1, -0.05) is 19.3 Å². The lowest BCUT2D eigenvalue weighted by Gasteiger charge is -2.40. The SMILES string of the molecule is CC(=O)c1ccc(N2CCN(C(=O)CC3(CN)CCCCC3)CC2)c(F)c1.Cl.Cl. The second kappa shape index (κ2) is 11.1. The molecule has 5 nitrogen and oxygen atoms in total. The van der Waals surface area contributed by atoms with Crippen LogP contribution in [0, 0.1) is 11.2 Å². The van der Waals surface area contributed by atoms with E-state index in [0.29, 0.717) is 50.4 Å². The minimum atomic E-state index is -0.383. The van der Waals surface area contributed by atoms with E-state index in [1.54, 1.807) is 12.1 Å². The summed E-state index contributed by atoms with van der Waals surface area (Å²) in [6.45, 7) is 4.38. The van der Waals surface area contributed by atoms with Crippen LogP contribution in [0.2, 0.25) is 0 Å². The average molecular weight is 448 g/mol. The highest BCUT2D eigenvalue weighted by molar-refractivity contribution is 5.94. The number of anilines is 1. The predicted molar refractivity (Wildman–Crippen MR) is 119 cm³/mol. The number of ketones is 1. The number of Topliss-reactive ketones (excluding diaryl/α,β-unsaturated/α-hetero) is 1. The first-order chi connectivity index (χ1) is 12.9. The van der Waals surface area contributed by atoms with E-state index in [-0.39, 0.29) is 47.7 Å². The lowest BCUT2D eigenvalue weighted by atomic mass is 9.71. The number of carbonyl (C=O) groups is 2. The van der Waals surface area contributed by atoms with Crippen LogP contribution in [-0.2, 0) is 4.79 Å². The van der Waals surface area contributed by atoms with Crippen LogP contribution in [0.25, 0.3) is 0 Å². The minimum Gasteiger partial charge on any atom is -0.366 e. The number of nitrogens with two attached hydrogens (primary N) is 1. The molecule has 1 heterocycles. The van der Waals surface area contributed by atoms with E-state index >= 15 is 0 Å². The molecule has 0 atom stereocenters. The maximum atomic E-state index is 14.4. The summed E-state index contributed by atoms with van der Waals surface area (Å²) in [6, 6.07) is 4.62. The normalized spacial score (nSPS) is 18.4. The maximum Gasteiger partial charge on any atom is 0.223 e. The van der Waals surface area contributed by atoms with Gasteiger partial charge in [0.2, 0.25) is 5.91 Å². The molecule has 1 aliphatic carbocycles. The molecule has 2 N–H and O–H groups in total. The largest absolute Gasteiger partial charge is 0.366 e. The van der Waals surface area contributed by atoms with Crippen molar-refractivity contribution >= 4 is 42.2 Å². The highest BCUT2D eigenvalue weighted by Crippen LogP contribution is 2.39. The molecule has 2 fully saturated rings. The van der Waals surface area contributed by atoms with E-state index in [0.717, 1.165) is 25.7 Å². The topological polar surface area (TPSA) is 66.6 Å². The van der Waals surface area contributed by atoms with Crippen molar-refractivity contribution in [1.29, 1.82) is 0 Å². The minimum absolute atomic E-state index is 0. The zero-order valence-corrected chi connectivity index (χ0v) is 18.6. The van der Waals surface area contributed by atoms with E-state index in [1.165, 1.54) is 19.4 Å². The molecular weight excluding hydrogens is 416 g/mol. The molecule has 1 saturated heterocycles. The fourth-order valence-electron chi connectivity index (χ4n) is 4.37. The lowest BCUT2D eigenvalue weighted by molar-refractivity contribution is -0.134. The number of benzene rings is 1. The van der Waals surface area contributed by atoms with Crippen LogP contribution >= 0.6 is 24.8 Å². The summed E-state index contributed by atoms with van der Waals surface area (Å²) in [5.41, 5.74) is 6.87. The van der Waals surface area contributed by atoms with E-state index in [1.807, 2.05) is 9.80 Å². The number of nitrogens with zero attached hydrogens (tertiary/aromatic N) is 2. The molecule has 1 amide bonds. The highest BCUT2D eigenvalue weighted by atomic mass is 35.5. The molecule has 1 aliphatic heterocycles. The predicted octanol–water partition coefficient (Wildman–Crippen LogP) is 3.82. The van der Waals surface area contributed by atoms with Crippen molar-refractivity contribution in [1.82, 2.24) is 4.90 Å². The number of amides is 1. The van der Waals surface area contributed by atoms with Gasteiger partial charge in [-0.3, -0.25) is 9.59 Å². The van der Waals surface area contributed by atoms with Gasteiger partial charge in [-0.25, -0.2) is 4.39 Å². The summed E-state index contributed by atoms with van der Waals surface area (Å²) in [4.78, 5) is 28.0. The van der Waals surface area contributed by atoms with Crippen molar-refractivity contribution < 1.29 is 14.0 Å². The van der Waals surface area contributed by atoms with Crippen LogP contribution in [0.15, 0.2) is 18.2 Å². The summed E-state index contributed by atoms with van der Waals surface area (Å²) in [6.07, 6.45) is 6.18. The van der Waals surface area contributed by atoms with E-state index < -0.39 is 0 Å². The Bertz CT molecular complexity index is 703. The molecule has 8 heteroatoms. The number of piperazine rings is 1. The van der Waals surface area contributed by atoms with Gasteiger partial charge in [0.15, 0.2) is 5.78 Å². The standard InChI is InChI=1S/C21H30FN3O2.2ClH/c1-16(26)17-5-6-19(18(22)13-17)24-9-11-25(12-10-24)20(27)14-21(15-23)7-3-2-4-8-21;;/h5-6,13H,2-4,7-12,14-15,23H2,1H3;2*1H. The molecule has 0 aromatic heterocycles. The van der Waals surface area contributed by atoms with E-state index in [2.05, 4.69) is 0 Å². The first kappa shape index (κ1) is 25.7. The number of hydrogen-bond donors (Lipinski definition) is 1. The van der Waals surface area contributed by atoms with Crippen LogP contribution in [0.3, 0.4) is 0 Å². The van der Waals surface area contributed by atoms with Crippen LogP contribution in [0.5, 0.6) is 0 Å². The van der Waals surface area contributed by atoms with Crippen molar-refractivity contribution in [2.45, 2.75) is 45.4 Å². The molecule has 0 radical (unpaired) electrons. The summed E-state index contributed by atoms with van der Waals surface area (Å²) in [5, 5.41) is 0. The van der Waals surface area contributed by atoms with Gasteiger partial charge in [0.05, 0.1) is 5.69 Å². The molecule has 2 aliphatic rings. The third kappa shape index (κ3) is 6.06. The van der Waals surface area contributed by atoms with Crippen molar-refractivity contribution in [3.8, 4) is 0 Å². The monoisotopic (exact) mass is 447 g/mol. The molecule has 1 aromatic rings. The first-order valence-electron chi connectivity index (χ1n) is 9.97. The Hall–Kier alpha value is -1.37. The summed E-state index contributed by atoms with van der Waals surface area (Å²) in [5.74, 6) is -0.353. The van der Waals surface area contributed by atoms with Gasteiger partial charge < -0.3 is 15.5 Å². The van der Waals surface area contributed by atoms with Crippen LogP contribution in [-0.4, -0.2) is 49.3 Å². The Morgan fingerprint density at radius 3 is 2.21 bits per heavy atom. The molecule has 1 aromatic carbocycles. The molecular formula is C21H32Cl2FN3O2. The zero-order valence-electron chi connectivity index (χ0n) is 17.0. The molecule has 164 valence electrons. The first-order valence-corrected chi connectivity index (χ1v) is 9.97. The molecule has 0 bridgehead atoms. The van der Waals surface area contributed by atoms with Crippen molar-refractivity contribution in [3.05, 3.63) is 29.6 Å². The number of halogens is 3. The van der Waals surface area contributed by atoms with Crippen molar-refractivity contribution in [2.75, 3.05) is 37.6 Å². The molecule has 29 heavy (non-hydrogen) atoms. The smallest absolute Gasteiger partial charge is 0.223 e. The van der Waals surface area contributed by atoms with Gasteiger partial charge >= 0.3 is 0 Å². The molecule has 0 unspecified atom stereocenters. The molecule has 0 spiro atoms. The Balaban J connectivity index is 0.00000210. The fourth-order valence-corrected chi connectivity index (χ4v) is 4.37. The molecule has 3 rings (SSSR count). The average Bonchev–Trinajstić information content (AvgIpc) is 2.68. The van der Waals surface area contributed by atoms with E-state index in [9.17, 15) is 14.0 Å². The quantitative estimate of drug-likeness (QED) is 0.696. The van der Waals surface area contributed by atoms with Crippen molar-refractivity contribution in [2.24, 2.45) is 11.1 Å². The van der Waals surface area contributed by atoms with Gasteiger partial charge in [0.25, 0.3) is 0 Å². The van der Waals surface area contributed by atoms with Gasteiger partial charge in [0, 0.05) is 38.2 Å². The third-order valence-corrected chi connectivity index (χ3v) is 6.20. The third-order valence-electron chi connectivity index (χ3n) is 6.20. The Morgan fingerprint density at radius 1 is 1.07 bits per heavy atom. The maximum absolute atomic E-state index is 14.4. The van der Waals surface area contributed by atoms with Gasteiger partial charge in [-0.15, -0.1) is 24.8 Å². The zero-order chi connectivity index (χ0) is 19.4. The second-order valence-corrected chi connectivity index (χ2v) is 8.03. The summed E-state index contributed by atoms with van der Waals surface area (Å²) in [7, 11) is 0. The summed E-state index contributed by atoms with van der Waals surface area (Å²) < 4.78 is 14.4. The van der Waals surface area contributed by atoms with E-state index in [4.69, 9.17) is 5.73 Å². The lowest BCUT2D eigenvalue weighted by Crippen LogP contribution is -2.50. The fraction of sp³-hybridized carbons (Fsp3) is 0.619. The van der Waals surface area contributed by atoms with Crippen LogP contribution < -0.4 is 10.6 Å². The number of rotatable bonds is 5. The Morgan fingerprint density at radius 2 is 1.69 bits per heavy atom. The van der Waals surface area contributed by atoms with Gasteiger partial charge in [-0.2, -0.15) is 0 Å². The Kier molecular flexibility index (Phi) is 9.86. The summed E-state index contributed by atoms with van der Waals surface area (Å²) >= 11 is 0. The number of carbonyl (C=O) groups excluding carboxylic acids is 2. The molecule has 1 saturated carbocycles. The van der Waals surface area contributed by atoms with Crippen molar-refractivity contribution in [3.63, 3.8) is 0 Å². The number of hydrogen-bond acceptors (Lipinski definition) is 4. The Labute approximate surface area is 185 Å². The van der Waals surface area contributed by atoms with Crippen LogP contribution in [0.4, 0.5) is 10.1 Å². The van der Waals surface area contributed by atoms with Gasteiger partial charge in [0.1, 0.15) is 5.82 Å². The van der Waals surface area contributed by atoms with Crippen LogP contribution in [0.1, 0.15) is 55.8 Å². The highest BCUT2D eigenvalue weighted by Gasteiger charge is 2.35.